The summed E-state index contributed by atoms with van der Waals surface area (Å²) in [5, 5.41) is 0.498. The van der Waals surface area contributed by atoms with Gasteiger partial charge in [-0.3, -0.25) is 0 Å². The Kier molecular flexibility index (Phi) is 3.75. The van der Waals surface area contributed by atoms with Gasteiger partial charge in [-0.15, -0.1) is 0 Å². The fourth-order valence-electron chi connectivity index (χ4n) is 1.52. The van der Waals surface area contributed by atoms with Crippen molar-refractivity contribution in [3.63, 3.8) is 0 Å². The minimum absolute atomic E-state index is 0.186. The van der Waals surface area contributed by atoms with Crippen molar-refractivity contribution in [3.05, 3.63) is 52.9 Å². The third-order valence-electron chi connectivity index (χ3n) is 2.42. The summed E-state index contributed by atoms with van der Waals surface area (Å²) in [5.74, 6) is 0.760. The number of rotatable bonds is 4. The van der Waals surface area contributed by atoms with Gasteiger partial charge in [0.25, 0.3) is 0 Å². The van der Waals surface area contributed by atoms with Crippen LogP contribution in [0, 0.1) is 0 Å². The van der Waals surface area contributed by atoms with Crippen LogP contribution in [0.5, 0.6) is 0 Å². The number of hydrogen-bond acceptors (Lipinski definition) is 4. The summed E-state index contributed by atoms with van der Waals surface area (Å²) in [6.45, 7) is 0.251. The quantitative estimate of drug-likeness (QED) is 0.936. The summed E-state index contributed by atoms with van der Waals surface area (Å²) in [7, 11) is -3.42. The van der Waals surface area contributed by atoms with Crippen LogP contribution in [0.15, 0.2) is 45.7 Å². The van der Waals surface area contributed by atoms with Crippen molar-refractivity contribution in [1.29, 1.82) is 0 Å². The highest BCUT2D eigenvalue weighted by atomic mass is 35.5. The molecule has 0 atom stereocenters. The summed E-state index contributed by atoms with van der Waals surface area (Å²) < 4.78 is 29.4. The second kappa shape index (κ2) is 5.14. The van der Waals surface area contributed by atoms with Crippen molar-refractivity contribution < 1.29 is 12.8 Å². The third kappa shape index (κ3) is 2.93. The molecule has 0 amide bonds. The molecule has 0 saturated heterocycles. The van der Waals surface area contributed by atoms with Crippen LogP contribution in [-0.4, -0.2) is 8.42 Å². The summed E-state index contributed by atoms with van der Waals surface area (Å²) >= 11 is 5.72. The molecule has 2 aromatic rings. The first-order valence-electron chi connectivity index (χ1n) is 5.27. The average molecular weight is 286 g/mol. The third-order valence-corrected chi connectivity index (χ3v) is 4.33. The summed E-state index contributed by atoms with van der Waals surface area (Å²) in [6.07, 6.45) is 0. The maximum Gasteiger partial charge on any atom is 0.185 e. The lowest BCUT2D eigenvalue weighted by molar-refractivity contribution is 0.477. The predicted octanol–water partition coefficient (Wildman–Crippen LogP) is 2.37. The zero-order chi connectivity index (χ0) is 13.2. The molecule has 6 heteroatoms. The fraction of sp³-hybridized carbons (Fsp3) is 0.167. The molecule has 1 aromatic carbocycles. The molecule has 2 N–H and O–H groups in total. The van der Waals surface area contributed by atoms with Gasteiger partial charge in [0.1, 0.15) is 17.3 Å². The van der Waals surface area contributed by atoms with Gasteiger partial charge in [-0.2, -0.15) is 0 Å². The van der Waals surface area contributed by atoms with E-state index < -0.39 is 9.84 Å². The van der Waals surface area contributed by atoms with Crippen LogP contribution >= 0.6 is 11.6 Å². The van der Waals surface area contributed by atoms with Gasteiger partial charge in [0.2, 0.25) is 0 Å². The van der Waals surface area contributed by atoms with E-state index in [0.29, 0.717) is 16.5 Å². The van der Waals surface area contributed by atoms with Gasteiger partial charge in [-0.25, -0.2) is 8.42 Å². The molecule has 18 heavy (non-hydrogen) atoms. The van der Waals surface area contributed by atoms with Crippen molar-refractivity contribution in [2.45, 2.75) is 17.2 Å². The largest absolute Gasteiger partial charge is 0.464 e. The Balaban J connectivity index is 2.24. The Hall–Kier alpha value is -1.30. The van der Waals surface area contributed by atoms with Crippen molar-refractivity contribution in [2.24, 2.45) is 5.73 Å². The van der Waals surface area contributed by atoms with Crippen LogP contribution in [0.1, 0.15) is 11.5 Å². The van der Waals surface area contributed by atoms with Gasteiger partial charge in [-0.1, -0.05) is 11.6 Å². The molecule has 0 radical (unpaired) electrons. The molecule has 0 saturated carbocycles. The molecule has 0 aliphatic carbocycles. The molecule has 1 aromatic heterocycles. The summed E-state index contributed by atoms with van der Waals surface area (Å²) in [4.78, 5) is 0.220. The van der Waals surface area contributed by atoms with Crippen LogP contribution < -0.4 is 5.73 Å². The van der Waals surface area contributed by atoms with Crippen molar-refractivity contribution >= 4 is 21.4 Å². The number of sulfone groups is 1. The lowest BCUT2D eigenvalue weighted by atomic mass is 10.4. The smallest absolute Gasteiger partial charge is 0.185 e. The normalized spacial score (nSPS) is 11.7. The predicted molar refractivity (Wildman–Crippen MR) is 68.9 cm³/mol. The van der Waals surface area contributed by atoms with Crippen LogP contribution in [0.2, 0.25) is 5.02 Å². The lowest BCUT2D eigenvalue weighted by Crippen LogP contribution is -2.04. The van der Waals surface area contributed by atoms with E-state index in [-0.39, 0.29) is 17.2 Å². The summed E-state index contributed by atoms with van der Waals surface area (Å²) in [6, 6.07) is 9.33. The highest BCUT2D eigenvalue weighted by Gasteiger charge is 2.17. The van der Waals surface area contributed by atoms with E-state index in [9.17, 15) is 8.42 Å². The average Bonchev–Trinajstić information content (AvgIpc) is 2.76. The Morgan fingerprint density at radius 2 is 1.67 bits per heavy atom. The molecule has 0 bridgehead atoms. The minimum atomic E-state index is -3.42. The van der Waals surface area contributed by atoms with E-state index in [1.54, 1.807) is 24.3 Å². The summed E-state index contributed by atoms with van der Waals surface area (Å²) in [5.41, 5.74) is 5.40. The van der Waals surface area contributed by atoms with E-state index in [2.05, 4.69) is 0 Å². The van der Waals surface area contributed by atoms with Crippen LogP contribution in [0.4, 0.5) is 0 Å². The van der Waals surface area contributed by atoms with E-state index in [1.807, 2.05) is 0 Å². The standard InChI is InChI=1S/C12H12ClNO3S/c13-9-1-5-12(6-2-9)18(15,16)8-11-4-3-10(7-14)17-11/h1-6H,7-8,14H2. The van der Waals surface area contributed by atoms with E-state index in [4.69, 9.17) is 21.8 Å². The zero-order valence-electron chi connectivity index (χ0n) is 9.47. The molecule has 0 aliphatic rings. The molecule has 96 valence electrons. The van der Waals surface area contributed by atoms with Crippen LogP contribution in [0.3, 0.4) is 0 Å². The first-order chi connectivity index (χ1) is 8.51. The fourth-order valence-corrected chi connectivity index (χ4v) is 2.90. The topological polar surface area (TPSA) is 73.3 Å². The van der Waals surface area contributed by atoms with Crippen LogP contribution in [0.25, 0.3) is 0 Å². The SMILES string of the molecule is NCc1ccc(CS(=O)(=O)c2ccc(Cl)cc2)o1. The highest BCUT2D eigenvalue weighted by molar-refractivity contribution is 7.90. The maximum absolute atomic E-state index is 12.1. The zero-order valence-corrected chi connectivity index (χ0v) is 11.0. The number of halogens is 1. The Labute approximate surface area is 110 Å². The second-order valence-corrected chi connectivity index (χ2v) is 6.21. The first-order valence-corrected chi connectivity index (χ1v) is 7.30. The molecular weight excluding hydrogens is 274 g/mol. The van der Waals surface area contributed by atoms with Crippen molar-refractivity contribution in [1.82, 2.24) is 0 Å². The van der Waals surface area contributed by atoms with E-state index in [1.165, 1.54) is 12.1 Å². The molecule has 1 heterocycles. The molecule has 0 unspecified atom stereocenters. The Morgan fingerprint density at radius 3 is 2.22 bits per heavy atom. The molecule has 0 aliphatic heterocycles. The number of furan rings is 1. The van der Waals surface area contributed by atoms with Crippen molar-refractivity contribution in [3.8, 4) is 0 Å². The first kappa shape index (κ1) is 13.1. The van der Waals surface area contributed by atoms with Gasteiger partial charge in [0.15, 0.2) is 9.84 Å². The van der Waals surface area contributed by atoms with Gasteiger partial charge in [0, 0.05) is 5.02 Å². The number of nitrogens with two attached hydrogens (primary N) is 1. The van der Waals surface area contributed by atoms with Crippen LogP contribution in [-0.2, 0) is 22.1 Å². The van der Waals surface area contributed by atoms with E-state index in [0.717, 1.165) is 0 Å². The Bertz CT molecular complexity index is 632. The maximum atomic E-state index is 12.1. The van der Waals surface area contributed by atoms with Gasteiger partial charge < -0.3 is 10.2 Å². The van der Waals surface area contributed by atoms with Gasteiger partial charge in [-0.05, 0) is 36.4 Å². The number of benzene rings is 1. The lowest BCUT2D eigenvalue weighted by Gasteiger charge is -2.02. The monoisotopic (exact) mass is 285 g/mol. The molecule has 0 fully saturated rings. The van der Waals surface area contributed by atoms with Crippen molar-refractivity contribution in [2.75, 3.05) is 0 Å². The number of hydrogen-bond donors (Lipinski definition) is 1. The van der Waals surface area contributed by atoms with E-state index >= 15 is 0 Å². The minimum Gasteiger partial charge on any atom is -0.464 e. The molecular formula is C12H12ClNO3S. The van der Waals surface area contributed by atoms with Gasteiger partial charge in [0.05, 0.1) is 11.4 Å². The molecule has 2 rings (SSSR count). The molecule has 0 spiro atoms. The highest BCUT2D eigenvalue weighted by Crippen LogP contribution is 2.20. The van der Waals surface area contributed by atoms with Gasteiger partial charge >= 0.3 is 0 Å². The second-order valence-electron chi connectivity index (χ2n) is 3.79. The Morgan fingerprint density at radius 1 is 1.06 bits per heavy atom. The molecule has 4 nitrogen and oxygen atoms in total.